The highest BCUT2D eigenvalue weighted by molar-refractivity contribution is 7.92. The molecule has 1 N–H and O–H groups in total. The molecule has 0 fully saturated rings. The van der Waals surface area contributed by atoms with Gasteiger partial charge in [-0.2, -0.15) is 0 Å². The van der Waals surface area contributed by atoms with Gasteiger partial charge in [-0.05, 0) is 89.9 Å². The zero-order valence-electron chi connectivity index (χ0n) is 24.2. The number of anilines is 1. The van der Waals surface area contributed by atoms with Crippen LogP contribution in [0, 0.1) is 20.8 Å². The third-order valence-corrected chi connectivity index (χ3v) is 8.47. The average molecular weight is 584 g/mol. The van der Waals surface area contributed by atoms with Crippen molar-refractivity contribution < 1.29 is 18.0 Å². The van der Waals surface area contributed by atoms with Crippen LogP contribution in [0.5, 0.6) is 0 Å². The van der Waals surface area contributed by atoms with Gasteiger partial charge in [0.15, 0.2) is 0 Å². The quantitative estimate of drug-likeness (QED) is 0.345. The Morgan fingerprint density at radius 1 is 0.900 bits per heavy atom. The van der Waals surface area contributed by atoms with Crippen LogP contribution in [0.2, 0.25) is 5.02 Å². The molecule has 3 rings (SSSR count). The van der Waals surface area contributed by atoms with Crippen LogP contribution in [0.1, 0.15) is 49.9 Å². The normalized spacial score (nSPS) is 12.5. The average Bonchev–Trinajstić information content (AvgIpc) is 2.86. The van der Waals surface area contributed by atoms with E-state index in [-0.39, 0.29) is 17.3 Å². The minimum atomic E-state index is -4.12. The van der Waals surface area contributed by atoms with Crippen LogP contribution in [-0.4, -0.2) is 43.3 Å². The van der Waals surface area contributed by atoms with E-state index >= 15 is 0 Å². The van der Waals surface area contributed by atoms with Gasteiger partial charge in [-0.25, -0.2) is 8.42 Å². The molecule has 9 heteroatoms. The molecule has 0 aliphatic heterocycles. The van der Waals surface area contributed by atoms with E-state index in [4.69, 9.17) is 11.6 Å². The number of carbonyl (C=O) groups excluding carboxylic acids is 2. The number of amides is 2. The third-order valence-electron chi connectivity index (χ3n) is 6.44. The van der Waals surface area contributed by atoms with Crippen LogP contribution in [0.4, 0.5) is 5.69 Å². The lowest BCUT2D eigenvalue weighted by molar-refractivity contribution is -0.140. The van der Waals surface area contributed by atoms with Gasteiger partial charge in [-0.15, -0.1) is 0 Å². The predicted molar refractivity (Wildman–Crippen MR) is 161 cm³/mol. The maximum Gasteiger partial charge on any atom is 0.264 e. The van der Waals surface area contributed by atoms with E-state index < -0.39 is 34.1 Å². The fourth-order valence-corrected chi connectivity index (χ4v) is 5.88. The van der Waals surface area contributed by atoms with Crippen LogP contribution in [-0.2, 0) is 26.2 Å². The third kappa shape index (κ3) is 7.86. The van der Waals surface area contributed by atoms with E-state index in [0.29, 0.717) is 16.3 Å². The van der Waals surface area contributed by atoms with Gasteiger partial charge in [0.2, 0.25) is 11.8 Å². The highest BCUT2D eigenvalue weighted by atomic mass is 35.5. The number of hydrogen-bond acceptors (Lipinski definition) is 4. The number of nitrogens with zero attached hydrogens (tertiary/aromatic N) is 2. The lowest BCUT2D eigenvalue weighted by Crippen LogP contribution is -2.54. The van der Waals surface area contributed by atoms with E-state index in [1.807, 2.05) is 53.7 Å². The summed E-state index contributed by atoms with van der Waals surface area (Å²) in [5.74, 6) is -0.851. The Balaban J connectivity index is 2.07. The smallest absolute Gasteiger partial charge is 0.264 e. The Labute approximate surface area is 243 Å². The predicted octanol–water partition coefficient (Wildman–Crippen LogP) is 5.79. The first kappa shape index (κ1) is 31.2. The van der Waals surface area contributed by atoms with Gasteiger partial charge in [0.1, 0.15) is 12.6 Å². The minimum Gasteiger partial charge on any atom is -0.350 e. The Morgan fingerprint density at radius 3 is 2.02 bits per heavy atom. The summed E-state index contributed by atoms with van der Waals surface area (Å²) in [5, 5.41) is 3.47. The molecular weight excluding hydrogens is 546 g/mol. The van der Waals surface area contributed by atoms with Crippen LogP contribution >= 0.6 is 11.6 Å². The number of hydrogen-bond donors (Lipinski definition) is 1. The van der Waals surface area contributed by atoms with Crippen molar-refractivity contribution in [2.75, 3.05) is 10.8 Å². The fraction of sp³-hybridized carbons (Fsp3) is 0.355. The first-order chi connectivity index (χ1) is 18.6. The number of aryl methyl sites for hydroxylation is 3. The first-order valence-electron chi connectivity index (χ1n) is 13.1. The number of nitrogens with one attached hydrogen (secondary N) is 1. The van der Waals surface area contributed by atoms with Gasteiger partial charge in [0, 0.05) is 17.1 Å². The van der Waals surface area contributed by atoms with Gasteiger partial charge in [0.05, 0.1) is 10.6 Å². The molecule has 0 aliphatic rings. The Morgan fingerprint density at radius 2 is 1.48 bits per heavy atom. The monoisotopic (exact) mass is 583 g/mol. The lowest BCUT2D eigenvalue weighted by Gasteiger charge is -2.34. The minimum absolute atomic E-state index is 0.0775. The second kappa shape index (κ2) is 12.4. The molecule has 0 saturated carbocycles. The largest absolute Gasteiger partial charge is 0.350 e. The van der Waals surface area contributed by atoms with Crippen molar-refractivity contribution in [1.82, 2.24) is 10.2 Å². The van der Waals surface area contributed by atoms with Crippen LogP contribution in [0.25, 0.3) is 0 Å². The van der Waals surface area contributed by atoms with Crippen molar-refractivity contribution in [1.29, 1.82) is 0 Å². The molecule has 0 saturated heterocycles. The van der Waals surface area contributed by atoms with Crippen molar-refractivity contribution in [3.63, 3.8) is 0 Å². The summed E-state index contributed by atoms with van der Waals surface area (Å²) < 4.78 is 29.1. The number of sulfonamides is 1. The molecule has 0 heterocycles. The number of benzene rings is 3. The summed E-state index contributed by atoms with van der Waals surface area (Å²) in [7, 11) is -4.12. The number of carbonyl (C=O) groups is 2. The fourth-order valence-electron chi connectivity index (χ4n) is 4.28. The SMILES string of the molecule is Cc1ccc(S(=O)(=O)N(CC(=O)N(Cc2ccc(Cl)cc2)[C@@H](C)C(=O)NC(C)(C)C)c2ccc(C)cc2C)cc1. The van der Waals surface area contributed by atoms with Crippen molar-refractivity contribution in [3.05, 3.63) is 94.0 Å². The molecule has 40 heavy (non-hydrogen) atoms. The van der Waals surface area contributed by atoms with Crippen molar-refractivity contribution >= 4 is 39.1 Å². The van der Waals surface area contributed by atoms with Gasteiger partial charge < -0.3 is 10.2 Å². The Hall–Kier alpha value is -3.36. The molecule has 0 aromatic heterocycles. The van der Waals surface area contributed by atoms with E-state index in [0.717, 1.165) is 21.0 Å². The Kier molecular flexibility index (Phi) is 9.69. The van der Waals surface area contributed by atoms with Gasteiger partial charge >= 0.3 is 0 Å². The zero-order valence-corrected chi connectivity index (χ0v) is 25.7. The highest BCUT2D eigenvalue weighted by Gasteiger charge is 2.33. The second-order valence-electron chi connectivity index (χ2n) is 11.2. The van der Waals surface area contributed by atoms with Gasteiger partial charge in [0.25, 0.3) is 10.0 Å². The maximum absolute atomic E-state index is 14.0. The maximum atomic E-state index is 14.0. The molecule has 2 amide bonds. The standard InChI is InChI=1S/C31H38ClN3O4S/c1-21-8-15-27(16-9-21)40(38,39)35(28-17-10-22(2)18-23(28)3)20-29(36)34(19-25-11-13-26(32)14-12-25)24(4)30(37)33-31(5,6)7/h8-18,24H,19-20H2,1-7H3,(H,33,37)/t24-/m0/s1. The van der Waals surface area contributed by atoms with Crippen LogP contribution in [0.15, 0.2) is 71.6 Å². The molecule has 0 unspecified atom stereocenters. The zero-order chi connectivity index (χ0) is 29.8. The molecule has 0 aliphatic carbocycles. The topological polar surface area (TPSA) is 86.8 Å². The number of halogens is 1. The van der Waals surface area contributed by atoms with Crippen molar-refractivity contribution in [2.24, 2.45) is 0 Å². The molecule has 0 spiro atoms. The lowest BCUT2D eigenvalue weighted by atomic mass is 10.1. The first-order valence-corrected chi connectivity index (χ1v) is 14.9. The van der Waals surface area contributed by atoms with Crippen molar-refractivity contribution in [3.8, 4) is 0 Å². The van der Waals surface area contributed by atoms with Gasteiger partial charge in [-0.1, -0.05) is 59.1 Å². The molecule has 0 radical (unpaired) electrons. The van der Waals surface area contributed by atoms with E-state index in [1.54, 1.807) is 49.4 Å². The summed E-state index contributed by atoms with van der Waals surface area (Å²) in [5.41, 5.74) is 3.25. The summed E-state index contributed by atoms with van der Waals surface area (Å²) in [4.78, 5) is 28.7. The molecular formula is C31H38ClN3O4S. The second-order valence-corrected chi connectivity index (χ2v) is 13.5. The summed E-state index contributed by atoms with van der Waals surface area (Å²) in [6, 6.07) is 18.0. The highest BCUT2D eigenvalue weighted by Crippen LogP contribution is 2.28. The van der Waals surface area contributed by atoms with Crippen LogP contribution < -0.4 is 9.62 Å². The van der Waals surface area contributed by atoms with E-state index in [2.05, 4.69) is 5.32 Å². The summed E-state index contributed by atoms with van der Waals surface area (Å²) in [6.07, 6.45) is 0. The molecule has 3 aromatic rings. The summed E-state index contributed by atoms with van der Waals surface area (Å²) >= 11 is 6.06. The molecule has 7 nitrogen and oxygen atoms in total. The number of rotatable bonds is 9. The Bertz CT molecular complexity index is 1460. The van der Waals surface area contributed by atoms with Crippen molar-refractivity contribution in [2.45, 2.75) is 71.5 Å². The molecule has 1 atom stereocenters. The van der Waals surface area contributed by atoms with E-state index in [1.165, 1.54) is 17.0 Å². The summed E-state index contributed by atoms with van der Waals surface area (Å²) in [6.45, 7) is 12.4. The van der Waals surface area contributed by atoms with Gasteiger partial charge in [-0.3, -0.25) is 13.9 Å². The van der Waals surface area contributed by atoms with Crippen LogP contribution in [0.3, 0.4) is 0 Å². The van der Waals surface area contributed by atoms with E-state index in [9.17, 15) is 18.0 Å². The molecule has 0 bridgehead atoms. The molecule has 214 valence electrons. The molecule has 3 aromatic carbocycles.